The van der Waals surface area contributed by atoms with Crippen LogP contribution in [-0.2, 0) is 12.7 Å². The normalized spacial score (nSPS) is 12.1. The monoisotopic (exact) mass is 386 g/mol. The lowest BCUT2D eigenvalue weighted by Crippen LogP contribution is -2.40. The fraction of sp³-hybridized carbons (Fsp3) is 0.412. The number of nitrogens with zero attached hydrogens (tertiary/aromatic N) is 3. The molecule has 0 bridgehead atoms. The predicted octanol–water partition coefficient (Wildman–Crippen LogP) is 3.64. The van der Waals surface area contributed by atoms with Gasteiger partial charge in [-0.15, -0.1) is 11.3 Å². The minimum absolute atomic E-state index is 0.0902. The number of thiazole rings is 1. The fourth-order valence-corrected chi connectivity index (χ4v) is 2.77. The number of para-hydroxylation sites is 1. The Kier molecular flexibility index (Phi) is 7.26. The zero-order valence-electron chi connectivity index (χ0n) is 14.6. The second-order valence-electron chi connectivity index (χ2n) is 5.38. The van der Waals surface area contributed by atoms with Crippen LogP contribution in [0.3, 0.4) is 0 Å². The Balaban J connectivity index is 1.91. The molecule has 2 rings (SSSR count). The van der Waals surface area contributed by atoms with Crippen molar-refractivity contribution >= 4 is 17.3 Å². The summed E-state index contributed by atoms with van der Waals surface area (Å²) in [6.07, 6.45) is -4.42. The molecule has 0 radical (unpaired) electrons. The van der Waals surface area contributed by atoms with Crippen LogP contribution < -0.4 is 10.1 Å². The van der Waals surface area contributed by atoms with E-state index < -0.39 is 11.9 Å². The topological polar surface area (TPSA) is 49.8 Å². The van der Waals surface area contributed by atoms with Gasteiger partial charge in [-0.2, -0.15) is 13.2 Å². The minimum atomic E-state index is -4.42. The zero-order chi connectivity index (χ0) is 19.0. The summed E-state index contributed by atoms with van der Waals surface area (Å²) in [5, 5.41) is 4.44. The van der Waals surface area contributed by atoms with Gasteiger partial charge in [-0.1, -0.05) is 18.2 Å². The van der Waals surface area contributed by atoms with Crippen LogP contribution in [0.15, 0.2) is 40.7 Å². The summed E-state index contributed by atoms with van der Waals surface area (Å²) >= 11 is 0.954. The molecule has 1 aromatic carbocycles. The highest BCUT2D eigenvalue weighted by atomic mass is 32.1. The first kappa shape index (κ1) is 20.0. The Morgan fingerprint density at radius 3 is 2.65 bits per heavy atom. The van der Waals surface area contributed by atoms with E-state index in [4.69, 9.17) is 4.74 Å². The molecule has 142 valence electrons. The van der Waals surface area contributed by atoms with Crippen molar-refractivity contribution in [1.82, 2.24) is 15.2 Å². The van der Waals surface area contributed by atoms with E-state index in [1.807, 2.05) is 49.2 Å². The molecule has 1 heterocycles. The number of benzene rings is 1. The molecule has 9 heteroatoms. The van der Waals surface area contributed by atoms with Crippen LogP contribution in [0.4, 0.5) is 13.2 Å². The summed E-state index contributed by atoms with van der Waals surface area (Å²) in [7, 11) is 1.85. The second kappa shape index (κ2) is 9.42. The van der Waals surface area contributed by atoms with Crippen LogP contribution in [0.25, 0.3) is 0 Å². The molecule has 0 aliphatic rings. The molecule has 1 aromatic heterocycles. The Morgan fingerprint density at radius 1 is 1.31 bits per heavy atom. The largest absolute Gasteiger partial charge is 0.492 e. The molecule has 0 aliphatic carbocycles. The van der Waals surface area contributed by atoms with Crippen LogP contribution in [0.2, 0.25) is 0 Å². The lowest BCUT2D eigenvalue weighted by atomic mass is 10.3. The highest BCUT2D eigenvalue weighted by molar-refractivity contribution is 7.09. The third-order valence-electron chi connectivity index (χ3n) is 3.34. The number of aliphatic imine (C=N–C) groups is 1. The quantitative estimate of drug-likeness (QED) is 0.583. The van der Waals surface area contributed by atoms with Crippen LogP contribution in [-0.4, -0.2) is 42.6 Å². The molecule has 0 amide bonds. The van der Waals surface area contributed by atoms with Gasteiger partial charge in [0.25, 0.3) is 0 Å². The molecule has 0 unspecified atom stereocenters. The molecule has 0 atom stereocenters. The maximum atomic E-state index is 12.6. The highest BCUT2D eigenvalue weighted by Gasteiger charge is 2.33. The Bertz CT molecular complexity index is 704. The van der Waals surface area contributed by atoms with Crippen LogP contribution in [0.5, 0.6) is 5.75 Å². The van der Waals surface area contributed by atoms with Crippen molar-refractivity contribution in [3.8, 4) is 5.75 Å². The van der Waals surface area contributed by atoms with Gasteiger partial charge in [0.05, 0.1) is 13.1 Å². The van der Waals surface area contributed by atoms with Gasteiger partial charge in [0.2, 0.25) is 0 Å². The molecular weight excluding hydrogens is 365 g/mol. The van der Waals surface area contributed by atoms with Crippen LogP contribution in [0.1, 0.15) is 17.6 Å². The molecule has 0 spiro atoms. The maximum Gasteiger partial charge on any atom is 0.434 e. The van der Waals surface area contributed by atoms with E-state index in [2.05, 4.69) is 15.3 Å². The summed E-state index contributed by atoms with van der Waals surface area (Å²) in [5.41, 5.74) is -0.873. The summed E-state index contributed by atoms with van der Waals surface area (Å²) in [6, 6.07) is 9.46. The molecule has 1 N–H and O–H groups in total. The number of ether oxygens (including phenoxy) is 1. The molecular formula is C17H21F3N4OS. The standard InChI is InChI=1S/C17H21F3N4OS/c1-3-21-16(22-11-15-23-14(12-26-15)17(18,19)20)24(2)9-10-25-13-7-5-4-6-8-13/h4-8,12H,3,9-11H2,1-2H3,(H,21,22). The number of aromatic nitrogens is 1. The average molecular weight is 386 g/mol. The van der Waals surface area contributed by atoms with E-state index in [-0.39, 0.29) is 6.54 Å². The van der Waals surface area contributed by atoms with Crippen molar-refractivity contribution in [1.29, 1.82) is 0 Å². The van der Waals surface area contributed by atoms with Crippen LogP contribution >= 0.6 is 11.3 Å². The van der Waals surface area contributed by atoms with Crippen molar-refractivity contribution < 1.29 is 17.9 Å². The van der Waals surface area contributed by atoms with E-state index in [0.717, 1.165) is 22.5 Å². The number of guanidine groups is 1. The molecule has 0 aliphatic heterocycles. The first-order valence-corrected chi connectivity index (χ1v) is 8.97. The summed E-state index contributed by atoms with van der Waals surface area (Å²) < 4.78 is 43.5. The van der Waals surface area contributed by atoms with Gasteiger partial charge >= 0.3 is 6.18 Å². The summed E-state index contributed by atoms with van der Waals surface area (Å²) in [4.78, 5) is 9.82. The van der Waals surface area contributed by atoms with Crippen molar-refractivity contribution in [2.24, 2.45) is 4.99 Å². The first-order valence-electron chi connectivity index (χ1n) is 8.09. The minimum Gasteiger partial charge on any atom is -0.492 e. The van der Waals surface area contributed by atoms with Gasteiger partial charge in [0.15, 0.2) is 11.7 Å². The number of halogens is 3. The van der Waals surface area contributed by atoms with Gasteiger partial charge in [-0.05, 0) is 19.1 Å². The summed E-state index contributed by atoms with van der Waals surface area (Å²) in [5.74, 6) is 1.37. The Labute approximate surface area is 154 Å². The highest BCUT2D eigenvalue weighted by Crippen LogP contribution is 2.30. The number of nitrogens with one attached hydrogen (secondary N) is 1. The Morgan fingerprint density at radius 2 is 2.04 bits per heavy atom. The smallest absolute Gasteiger partial charge is 0.434 e. The van der Waals surface area contributed by atoms with Gasteiger partial charge in [0, 0.05) is 19.0 Å². The SMILES string of the molecule is CCNC(=NCc1nc(C(F)(F)F)cs1)N(C)CCOc1ccccc1. The summed E-state index contributed by atoms with van der Waals surface area (Å²) in [6.45, 7) is 3.70. The molecule has 0 saturated carbocycles. The predicted molar refractivity (Wildman–Crippen MR) is 96.5 cm³/mol. The van der Waals surface area contributed by atoms with Crippen LogP contribution in [0, 0.1) is 0 Å². The molecule has 0 saturated heterocycles. The lowest BCUT2D eigenvalue weighted by Gasteiger charge is -2.22. The Hall–Kier alpha value is -2.29. The number of alkyl halides is 3. The third kappa shape index (κ3) is 6.21. The van der Waals surface area contributed by atoms with Gasteiger partial charge in [-0.3, -0.25) is 0 Å². The zero-order valence-corrected chi connectivity index (χ0v) is 15.4. The van der Waals surface area contributed by atoms with Crippen molar-refractivity contribution in [3.05, 3.63) is 46.4 Å². The fourth-order valence-electron chi connectivity index (χ4n) is 2.05. The van der Waals surface area contributed by atoms with Gasteiger partial charge in [-0.25, -0.2) is 9.98 Å². The van der Waals surface area contributed by atoms with Crippen molar-refractivity contribution in [3.63, 3.8) is 0 Å². The second-order valence-corrected chi connectivity index (χ2v) is 6.32. The third-order valence-corrected chi connectivity index (χ3v) is 4.17. The van der Waals surface area contributed by atoms with Gasteiger partial charge < -0.3 is 15.0 Å². The van der Waals surface area contributed by atoms with E-state index >= 15 is 0 Å². The number of hydrogen-bond donors (Lipinski definition) is 1. The first-order chi connectivity index (χ1) is 12.4. The molecule has 2 aromatic rings. The molecule has 26 heavy (non-hydrogen) atoms. The van der Waals surface area contributed by atoms with E-state index in [0.29, 0.717) is 30.7 Å². The number of likely N-dealkylation sites (N-methyl/N-ethyl adjacent to an activating group) is 1. The maximum absolute atomic E-state index is 12.6. The van der Waals surface area contributed by atoms with E-state index in [1.165, 1.54) is 0 Å². The lowest BCUT2D eigenvalue weighted by molar-refractivity contribution is -0.140. The van der Waals surface area contributed by atoms with E-state index in [1.54, 1.807) is 0 Å². The van der Waals surface area contributed by atoms with E-state index in [9.17, 15) is 13.2 Å². The molecule has 0 fully saturated rings. The van der Waals surface area contributed by atoms with Gasteiger partial charge in [0.1, 0.15) is 17.4 Å². The van der Waals surface area contributed by atoms with Crippen molar-refractivity contribution in [2.75, 3.05) is 26.7 Å². The molecule has 5 nitrogen and oxygen atoms in total. The van der Waals surface area contributed by atoms with Crippen molar-refractivity contribution in [2.45, 2.75) is 19.6 Å². The number of hydrogen-bond acceptors (Lipinski definition) is 4. The average Bonchev–Trinajstić information content (AvgIpc) is 3.09. The number of rotatable bonds is 7.